The molecule has 1 amide bonds. The fourth-order valence-electron chi connectivity index (χ4n) is 1.83. The van der Waals surface area contributed by atoms with E-state index in [0.29, 0.717) is 6.42 Å². The number of methoxy groups -OCH3 is 1. The van der Waals surface area contributed by atoms with Crippen molar-refractivity contribution in [3.05, 3.63) is 29.3 Å². The summed E-state index contributed by atoms with van der Waals surface area (Å²) in [4.78, 5) is 11.5. The topological polar surface area (TPSA) is 41.6 Å². The lowest BCUT2D eigenvalue weighted by atomic mass is 10.0. The van der Waals surface area contributed by atoms with Crippen molar-refractivity contribution in [3.63, 3.8) is 0 Å². The number of hydrazine groups is 1. The van der Waals surface area contributed by atoms with Crippen LogP contribution in [-0.4, -0.2) is 32.1 Å². The van der Waals surface area contributed by atoms with Gasteiger partial charge < -0.3 is 4.74 Å². The minimum atomic E-state index is 0.0360. The van der Waals surface area contributed by atoms with E-state index in [1.807, 2.05) is 12.1 Å². The Kier molecular flexibility index (Phi) is 5.65. The van der Waals surface area contributed by atoms with Gasteiger partial charge in [0, 0.05) is 20.5 Å². The van der Waals surface area contributed by atoms with Crippen molar-refractivity contribution in [1.82, 2.24) is 10.4 Å². The van der Waals surface area contributed by atoms with Crippen molar-refractivity contribution in [3.8, 4) is 5.75 Å². The molecule has 0 atom stereocenters. The zero-order valence-electron chi connectivity index (χ0n) is 11.6. The Bertz CT molecular complexity index is 403. The lowest BCUT2D eigenvalue weighted by molar-refractivity contribution is -0.124. The van der Waals surface area contributed by atoms with Crippen LogP contribution in [0.3, 0.4) is 0 Å². The van der Waals surface area contributed by atoms with E-state index in [1.54, 1.807) is 26.2 Å². The number of ether oxygens (including phenoxy) is 1. The van der Waals surface area contributed by atoms with Crippen molar-refractivity contribution in [2.75, 3.05) is 21.2 Å². The van der Waals surface area contributed by atoms with Crippen LogP contribution in [0, 0.1) is 0 Å². The molecule has 1 aromatic rings. The molecule has 0 heterocycles. The second kappa shape index (κ2) is 7.01. The summed E-state index contributed by atoms with van der Waals surface area (Å²) in [5, 5.41) is 1.66. The monoisotopic (exact) mass is 250 g/mol. The third-order valence-corrected chi connectivity index (χ3v) is 2.71. The molecule has 0 radical (unpaired) electrons. The summed E-state index contributed by atoms with van der Waals surface area (Å²) >= 11 is 0. The fraction of sp³-hybridized carbons (Fsp3) is 0.500. The summed E-state index contributed by atoms with van der Waals surface area (Å²) in [6.07, 6.45) is 2.17. The van der Waals surface area contributed by atoms with Crippen LogP contribution in [0.5, 0.6) is 5.75 Å². The number of rotatable bonds is 6. The third kappa shape index (κ3) is 4.37. The van der Waals surface area contributed by atoms with Gasteiger partial charge in [-0.3, -0.25) is 10.2 Å². The normalized spacial score (nSPS) is 10.5. The smallest absolute Gasteiger partial charge is 0.234 e. The number of benzene rings is 1. The lowest BCUT2D eigenvalue weighted by Gasteiger charge is -2.12. The molecular formula is C14H22N2O2. The molecule has 0 aliphatic heterocycles. The summed E-state index contributed by atoms with van der Waals surface area (Å²) in [5.74, 6) is 0.952. The summed E-state index contributed by atoms with van der Waals surface area (Å²) in [7, 11) is 5.29. The number of carbonyl (C=O) groups excluding carboxylic acids is 1. The lowest BCUT2D eigenvalue weighted by Crippen LogP contribution is -2.36. The van der Waals surface area contributed by atoms with Gasteiger partial charge >= 0.3 is 0 Å². The number of hydrogen-bond acceptors (Lipinski definition) is 3. The summed E-state index contributed by atoms with van der Waals surface area (Å²) in [6.45, 7) is 2.10. The zero-order chi connectivity index (χ0) is 13.5. The van der Waals surface area contributed by atoms with Gasteiger partial charge in [0.25, 0.3) is 0 Å². The summed E-state index contributed by atoms with van der Waals surface area (Å²) < 4.78 is 5.28. The maximum absolute atomic E-state index is 11.5. The highest BCUT2D eigenvalue weighted by Crippen LogP contribution is 2.20. The number of nitrogens with zero attached hydrogens (tertiary/aromatic N) is 1. The first-order chi connectivity index (χ1) is 8.56. The summed E-state index contributed by atoms with van der Waals surface area (Å²) in [6, 6.07) is 6.10. The highest BCUT2D eigenvalue weighted by Gasteiger charge is 2.06. The first-order valence-electron chi connectivity index (χ1n) is 6.19. The van der Waals surface area contributed by atoms with Gasteiger partial charge in [-0.1, -0.05) is 19.1 Å². The first kappa shape index (κ1) is 14.5. The van der Waals surface area contributed by atoms with Crippen LogP contribution in [0.25, 0.3) is 0 Å². The molecule has 0 fully saturated rings. The van der Waals surface area contributed by atoms with Crippen LogP contribution < -0.4 is 10.2 Å². The van der Waals surface area contributed by atoms with Crippen LogP contribution in [0.4, 0.5) is 0 Å². The third-order valence-electron chi connectivity index (χ3n) is 2.71. The number of carbonyl (C=O) groups is 1. The molecule has 1 N–H and O–H groups in total. The highest BCUT2D eigenvalue weighted by atomic mass is 16.5. The molecule has 0 spiro atoms. The second-order valence-corrected chi connectivity index (χ2v) is 4.43. The van der Waals surface area contributed by atoms with Crippen molar-refractivity contribution in [2.24, 2.45) is 0 Å². The van der Waals surface area contributed by atoms with Gasteiger partial charge in [-0.25, -0.2) is 5.01 Å². The van der Waals surface area contributed by atoms with E-state index in [4.69, 9.17) is 4.74 Å². The Morgan fingerprint density at radius 1 is 1.39 bits per heavy atom. The molecule has 1 rings (SSSR count). The van der Waals surface area contributed by atoms with Crippen molar-refractivity contribution < 1.29 is 9.53 Å². The Labute approximate surface area is 109 Å². The van der Waals surface area contributed by atoms with Crippen LogP contribution in [0.1, 0.15) is 24.5 Å². The molecule has 100 valence electrons. The molecule has 4 heteroatoms. The van der Waals surface area contributed by atoms with Crippen molar-refractivity contribution in [2.45, 2.75) is 26.2 Å². The van der Waals surface area contributed by atoms with Crippen LogP contribution in [-0.2, 0) is 17.6 Å². The minimum absolute atomic E-state index is 0.0360. The molecule has 0 saturated heterocycles. The largest absolute Gasteiger partial charge is 0.496 e. The molecule has 0 bridgehead atoms. The van der Waals surface area contributed by atoms with Gasteiger partial charge in [0.1, 0.15) is 5.75 Å². The van der Waals surface area contributed by atoms with E-state index >= 15 is 0 Å². The Morgan fingerprint density at radius 3 is 2.67 bits per heavy atom. The van der Waals surface area contributed by atoms with Crippen molar-refractivity contribution in [1.29, 1.82) is 0 Å². The highest BCUT2D eigenvalue weighted by molar-refractivity contribution is 5.75. The first-order valence-corrected chi connectivity index (χ1v) is 6.19. The molecule has 0 aromatic heterocycles. The average Bonchev–Trinajstić information content (AvgIpc) is 2.35. The standard InChI is InChI=1S/C14H22N2O2/c1-5-12-10-11(6-8-13(12)18-4)7-9-14(17)15-16(2)3/h6,8,10H,5,7,9H2,1-4H3,(H,15,17). The predicted molar refractivity (Wildman–Crippen MR) is 72.5 cm³/mol. The quantitative estimate of drug-likeness (QED) is 0.783. The number of nitrogens with one attached hydrogen (secondary N) is 1. The number of hydrogen-bond donors (Lipinski definition) is 1. The maximum Gasteiger partial charge on any atom is 0.234 e. The van der Waals surface area contributed by atoms with Gasteiger partial charge in [0.15, 0.2) is 0 Å². The van der Waals surface area contributed by atoms with Crippen molar-refractivity contribution >= 4 is 5.91 Å². The van der Waals surface area contributed by atoms with E-state index in [9.17, 15) is 4.79 Å². The predicted octanol–water partition coefficient (Wildman–Crippen LogP) is 1.78. The zero-order valence-corrected chi connectivity index (χ0v) is 11.6. The molecule has 18 heavy (non-hydrogen) atoms. The van der Waals surface area contributed by atoms with E-state index in [2.05, 4.69) is 18.4 Å². The van der Waals surface area contributed by atoms with Gasteiger partial charge in [0.05, 0.1) is 7.11 Å². The second-order valence-electron chi connectivity index (χ2n) is 4.43. The number of aryl methyl sites for hydroxylation is 2. The maximum atomic E-state index is 11.5. The fourth-order valence-corrected chi connectivity index (χ4v) is 1.83. The number of amides is 1. The van der Waals surface area contributed by atoms with E-state index in [-0.39, 0.29) is 5.91 Å². The van der Waals surface area contributed by atoms with Gasteiger partial charge in [-0.05, 0) is 30.0 Å². The van der Waals surface area contributed by atoms with Gasteiger partial charge in [-0.2, -0.15) is 0 Å². The Balaban J connectivity index is 2.60. The minimum Gasteiger partial charge on any atom is -0.496 e. The van der Waals surface area contributed by atoms with Crippen LogP contribution in [0.2, 0.25) is 0 Å². The summed E-state index contributed by atoms with van der Waals surface area (Å²) in [5.41, 5.74) is 5.09. The molecule has 0 saturated carbocycles. The van der Waals surface area contributed by atoms with Crippen LogP contribution in [0.15, 0.2) is 18.2 Å². The molecule has 1 aromatic carbocycles. The molecular weight excluding hydrogens is 228 g/mol. The van der Waals surface area contributed by atoms with E-state index in [1.165, 1.54) is 11.1 Å². The van der Waals surface area contributed by atoms with E-state index < -0.39 is 0 Å². The molecule has 0 unspecified atom stereocenters. The van der Waals surface area contributed by atoms with E-state index in [0.717, 1.165) is 18.6 Å². The average molecular weight is 250 g/mol. The Hall–Kier alpha value is -1.55. The SMILES string of the molecule is CCc1cc(CCC(=O)NN(C)C)ccc1OC. The molecule has 0 aliphatic carbocycles. The molecule has 4 nitrogen and oxygen atoms in total. The molecule has 0 aliphatic rings. The Morgan fingerprint density at radius 2 is 2.11 bits per heavy atom. The van der Waals surface area contributed by atoms with Gasteiger partial charge in [0.2, 0.25) is 5.91 Å². The van der Waals surface area contributed by atoms with Crippen LogP contribution >= 0.6 is 0 Å². The van der Waals surface area contributed by atoms with Gasteiger partial charge in [-0.15, -0.1) is 0 Å².